The molecule has 0 spiro atoms. The summed E-state index contributed by atoms with van der Waals surface area (Å²) in [7, 11) is 2.16. The van der Waals surface area contributed by atoms with E-state index in [9.17, 15) is 4.79 Å². The van der Waals surface area contributed by atoms with Gasteiger partial charge in [-0.15, -0.1) is 0 Å². The van der Waals surface area contributed by atoms with Crippen LogP contribution < -0.4 is 0 Å². The molecule has 0 atom stereocenters. The molecule has 2 aromatic rings. The summed E-state index contributed by atoms with van der Waals surface area (Å²) in [5, 5.41) is 0. The maximum atomic E-state index is 12.7. The fourth-order valence-corrected chi connectivity index (χ4v) is 2.87. The van der Waals surface area contributed by atoms with Gasteiger partial charge in [0.2, 0.25) is 0 Å². The van der Waals surface area contributed by atoms with Gasteiger partial charge >= 0.3 is 0 Å². The Morgan fingerprint density at radius 2 is 1.55 bits per heavy atom. The Morgan fingerprint density at radius 1 is 0.909 bits per heavy atom. The number of carbonyl (C=O) groups is 1. The molecular formula is C19H22N2O. The van der Waals surface area contributed by atoms with E-state index < -0.39 is 0 Å². The molecule has 1 saturated heterocycles. The molecule has 3 heteroatoms. The van der Waals surface area contributed by atoms with Crippen LogP contribution in [0.4, 0.5) is 0 Å². The molecule has 0 N–H and O–H groups in total. The Bertz CT molecular complexity index is 631. The number of piperazine rings is 1. The summed E-state index contributed by atoms with van der Waals surface area (Å²) < 4.78 is 0. The van der Waals surface area contributed by atoms with Crippen molar-refractivity contribution in [1.82, 2.24) is 9.80 Å². The zero-order chi connectivity index (χ0) is 15.4. The molecule has 22 heavy (non-hydrogen) atoms. The van der Waals surface area contributed by atoms with E-state index in [0.717, 1.165) is 49.4 Å². The Kier molecular flexibility index (Phi) is 4.66. The van der Waals surface area contributed by atoms with Gasteiger partial charge < -0.3 is 4.90 Å². The molecule has 1 fully saturated rings. The summed E-state index contributed by atoms with van der Waals surface area (Å²) in [4.78, 5) is 17.5. The third-order valence-corrected chi connectivity index (χ3v) is 4.29. The van der Waals surface area contributed by atoms with Gasteiger partial charge in [0.05, 0.1) is 0 Å². The first-order valence-corrected chi connectivity index (χ1v) is 7.82. The smallest absolute Gasteiger partial charge is 0.193 e. The fourth-order valence-electron chi connectivity index (χ4n) is 2.87. The van der Waals surface area contributed by atoms with Crippen LogP contribution in [0.25, 0.3) is 0 Å². The van der Waals surface area contributed by atoms with E-state index in [-0.39, 0.29) is 5.78 Å². The predicted octanol–water partition coefficient (Wildman–Crippen LogP) is 2.67. The van der Waals surface area contributed by atoms with Crippen LogP contribution in [-0.4, -0.2) is 48.8 Å². The van der Waals surface area contributed by atoms with Crippen LogP contribution >= 0.6 is 0 Å². The van der Waals surface area contributed by atoms with Crippen LogP contribution in [0.3, 0.4) is 0 Å². The lowest BCUT2D eigenvalue weighted by atomic mass is 9.98. The molecule has 3 rings (SSSR count). The third-order valence-electron chi connectivity index (χ3n) is 4.29. The minimum atomic E-state index is 0.116. The van der Waals surface area contributed by atoms with Gasteiger partial charge in [0, 0.05) is 43.9 Å². The van der Waals surface area contributed by atoms with Crippen LogP contribution in [0.2, 0.25) is 0 Å². The van der Waals surface area contributed by atoms with E-state index in [1.165, 1.54) is 0 Å². The average Bonchev–Trinajstić information content (AvgIpc) is 2.58. The lowest BCUT2D eigenvalue weighted by Crippen LogP contribution is -2.44. The Labute approximate surface area is 132 Å². The molecule has 0 radical (unpaired) electrons. The van der Waals surface area contributed by atoms with Crippen molar-refractivity contribution in [3.05, 3.63) is 71.3 Å². The first-order valence-electron chi connectivity index (χ1n) is 7.82. The Morgan fingerprint density at radius 3 is 2.27 bits per heavy atom. The van der Waals surface area contributed by atoms with Gasteiger partial charge in [-0.3, -0.25) is 9.69 Å². The van der Waals surface area contributed by atoms with Crippen LogP contribution in [0.5, 0.6) is 0 Å². The molecule has 1 heterocycles. The SMILES string of the molecule is CN1CCN(Cc2ccccc2C(=O)c2ccccc2)CC1. The molecule has 0 aliphatic carbocycles. The highest BCUT2D eigenvalue weighted by atomic mass is 16.1. The minimum absolute atomic E-state index is 0.116. The number of ketones is 1. The van der Waals surface area contributed by atoms with E-state index in [2.05, 4.69) is 22.9 Å². The van der Waals surface area contributed by atoms with E-state index in [0.29, 0.717) is 0 Å². The topological polar surface area (TPSA) is 23.6 Å². The molecule has 114 valence electrons. The molecule has 0 bridgehead atoms. The number of nitrogens with zero attached hydrogens (tertiary/aromatic N) is 2. The van der Waals surface area contributed by atoms with Gasteiger partial charge in [-0.1, -0.05) is 54.6 Å². The highest BCUT2D eigenvalue weighted by Crippen LogP contribution is 2.17. The van der Waals surface area contributed by atoms with Crippen molar-refractivity contribution in [2.75, 3.05) is 33.2 Å². The van der Waals surface area contributed by atoms with Crippen molar-refractivity contribution in [2.24, 2.45) is 0 Å². The lowest BCUT2D eigenvalue weighted by Gasteiger charge is -2.32. The summed E-state index contributed by atoms with van der Waals surface area (Å²) >= 11 is 0. The van der Waals surface area contributed by atoms with Crippen LogP contribution in [0, 0.1) is 0 Å². The summed E-state index contributed by atoms with van der Waals surface area (Å²) in [5.74, 6) is 0.116. The highest BCUT2D eigenvalue weighted by molar-refractivity contribution is 6.09. The second-order valence-electron chi connectivity index (χ2n) is 5.93. The summed E-state index contributed by atoms with van der Waals surface area (Å²) in [6.07, 6.45) is 0. The first kappa shape index (κ1) is 14.9. The Balaban J connectivity index is 1.80. The largest absolute Gasteiger partial charge is 0.304 e. The van der Waals surface area contributed by atoms with Gasteiger partial charge in [-0.2, -0.15) is 0 Å². The van der Waals surface area contributed by atoms with Gasteiger partial charge in [0.1, 0.15) is 0 Å². The predicted molar refractivity (Wildman–Crippen MR) is 89.1 cm³/mol. The number of benzene rings is 2. The highest BCUT2D eigenvalue weighted by Gasteiger charge is 2.18. The number of hydrogen-bond acceptors (Lipinski definition) is 3. The van der Waals surface area contributed by atoms with Crippen molar-refractivity contribution in [1.29, 1.82) is 0 Å². The summed E-state index contributed by atoms with van der Waals surface area (Å²) in [6, 6.07) is 17.5. The van der Waals surface area contributed by atoms with Crippen LogP contribution in [0.15, 0.2) is 54.6 Å². The molecule has 2 aromatic carbocycles. The molecule has 1 aliphatic rings. The molecule has 3 nitrogen and oxygen atoms in total. The van der Waals surface area contributed by atoms with E-state index in [1.54, 1.807) is 0 Å². The second-order valence-corrected chi connectivity index (χ2v) is 5.93. The van der Waals surface area contributed by atoms with Gasteiger partial charge in [0.25, 0.3) is 0 Å². The first-order chi connectivity index (χ1) is 10.7. The van der Waals surface area contributed by atoms with Gasteiger partial charge in [-0.25, -0.2) is 0 Å². The quantitative estimate of drug-likeness (QED) is 0.810. The second kappa shape index (κ2) is 6.86. The van der Waals surface area contributed by atoms with Crippen molar-refractivity contribution in [3.8, 4) is 0 Å². The molecule has 0 aromatic heterocycles. The minimum Gasteiger partial charge on any atom is -0.304 e. The van der Waals surface area contributed by atoms with E-state index in [1.807, 2.05) is 48.5 Å². The normalized spacial score (nSPS) is 16.6. The fraction of sp³-hybridized carbons (Fsp3) is 0.316. The van der Waals surface area contributed by atoms with Crippen molar-refractivity contribution < 1.29 is 4.79 Å². The standard InChI is InChI=1S/C19H22N2O/c1-20-11-13-21(14-12-20)15-17-9-5-6-10-18(17)19(22)16-7-3-2-4-8-16/h2-10H,11-15H2,1H3. The summed E-state index contributed by atoms with van der Waals surface area (Å²) in [5.41, 5.74) is 2.71. The van der Waals surface area contributed by atoms with Crippen molar-refractivity contribution in [3.63, 3.8) is 0 Å². The molecule has 0 amide bonds. The van der Waals surface area contributed by atoms with Crippen molar-refractivity contribution >= 4 is 5.78 Å². The molecule has 0 saturated carbocycles. The zero-order valence-corrected chi connectivity index (χ0v) is 13.0. The number of rotatable bonds is 4. The molecule has 1 aliphatic heterocycles. The Hall–Kier alpha value is -1.97. The van der Waals surface area contributed by atoms with E-state index >= 15 is 0 Å². The van der Waals surface area contributed by atoms with Crippen LogP contribution in [0.1, 0.15) is 21.5 Å². The summed E-state index contributed by atoms with van der Waals surface area (Å²) in [6.45, 7) is 5.15. The number of carbonyl (C=O) groups excluding carboxylic acids is 1. The third kappa shape index (κ3) is 3.43. The molecule has 0 unspecified atom stereocenters. The number of likely N-dealkylation sites (N-methyl/N-ethyl adjacent to an activating group) is 1. The van der Waals surface area contributed by atoms with Gasteiger partial charge in [-0.05, 0) is 12.6 Å². The van der Waals surface area contributed by atoms with Gasteiger partial charge in [0.15, 0.2) is 5.78 Å². The lowest BCUT2D eigenvalue weighted by molar-refractivity contribution is 0.103. The number of hydrogen-bond donors (Lipinski definition) is 0. The van der Waals surface area contributed by atoms with Crippen LogP contribution in [-0.2, 0) is 6.54 Å². The zero-order valence-electron chi connectivity index (χ0n) is 13.0. The van der Waals surface area contributed by atoms with Crippen molar-refractivity contribution in [2.45, 2.75) is 6.54 Å². The monoisotopic (exact) mass is 294 g/mol. The van der Waals surface area contributed by atoms with E-state index in [4.69, 9.17) is 0 Å². The maximum Gasteiger partial charge on any atom is 0.193 e. The average molecular weight is 294 g/mol. The maximum absolute atomic E-state index is 12.7. The molecular weight excluding hydrogens is 272 g/mol.